The largest absolute Gasteiger partial charge is 0.414 e. The predicted molar refractivity (Wildman–Crippen MR) is 96.1 cm³/mol. The van der Waals surface area contributed by atoms with Crippen molar-refractivity contribution < 1.29 is 13.6 Å². The minimum atomic E-state index is -1.78. The molecule has 1 aliphatic carbocycles. The van der Waals surface area contributed by atoms with Crippen LogP contribution in [0.15, 0.2) is 12.1 Å². The second-order valence-electron chi connectivity index (χ2n) is 8.69. The zero-order valence-corrected chi connectivity index (χ0v) is 16.8. The van der Waals surface area contributed by atoms with E-state index < -0.39 is 14.1 Å². The summed E-state index contributed by atoms with van der Waals surface area (Å²) in [5, 5.41) is 3.20. The molecule has 1 N–H and O–H groups in total. The molecule has 0 spiro atoms. The maximum Gasteiger partial charge on any atom is 0.270 e. The maximum atomic E-state index is 13.3. The topological polar surface area (TPSA) is 51.2 Å². The lowest BCUT2D eigenvalue weighted by molar-refractivity contribution is 0.0206. The van der Waals surface area contributed by atoms with Gasteiger partial charge in [0.2, 0.25) is 0 Å². The van der Waals surface area contributed by atoms with Crippen LogP contribution in [0.1, 0.15) is 56.7 Å². The number of nitrogens with zero attached hydrogens (tertiary/aromatic N) is 1. The molecule has 0 aromatic carbocycles. The number of aryl methyl sites for hydroxylation is 1. The van der Waals surface area contributed by atoms with Gasteiger partial charge in [0.15, 0.2) is 8.32 Å². The Kier molecular flexibility index (Phi) is 4.94. The molecular formula is C18H29FN2O2Si. The first-order valence-electron chi connectivity index (χ1n) is 8.46. The summed E-state index contributed by atoms with van der Waals surface area (Å²) in [5.41, 5.74) is 0.207. The van der Waals surface area contributed by atoms with Crippen LogP contribution in [0.2, 0.25) is 18.1 Å². The third kappa shape index (κ3) is 4.03. The number of carbonyl (C=O) groups is 1. The van der Waals surface area contributed by atoms with Crippen LogP contribution in [-0.2, 0) is 4.43 Å². The van der Waals surface area contributed by atoms with Gasteiger partial charge in [-0.3, -0.25) is 4.79 Å². The van der Waals surface area contributed by atoms with Crippen molar-refractivity contribution in [2.75, 3.05) is 0 Å². The van der Waals surface area contributed by atoms with Crippen molar-refractivity contribution in [3.05, 3.63) is 29.3 Å². The zero-order valence-electron chi connectivity index (χ0n) is 15.8. The van der Waals surface area contributed by atoms with Crippen molar-refractivity contribution in [1.29, 1.82) is 0 Å². The van der Waals surface area contributed by atoms with Crippen LogP contribution < -0.4 is 5.32 Å². The first-order valence-corrected chi connectivity index (χ1v) is 11.4. The van der Waals surface area contributed by atoms with Crippen LogP contribution in [-0.4, -0.2) is 30.9 Å². The average Bonchev–Trinajstić information content (AvgIpc) is 2.38. The van der Waals surface area contributed by atoms with E-state index in [4.69, 9.17) is 4.43 Å². The molecule has 0 saturated heterocycles. The summed E-state index contributed by atoms with van der Waals surface area (Å²) < 4.78 is 19.7. The fourth-order valence-corrected chi connectivity index (χ4v) is 4.09. The first-order chi connectivity index (χ1) is 10.8. The normalized spacial score (nSPS) is 24.4. The Morgan fingerprint density at radius 2 is 1.96 bits per heavy atom. The molecule has 2 rings (SSSR count). The molecule has 1 amide bonds. The lowest BCUT2D eigenvalue weighted by atomic mass is 9.76. The quantitative estimate of drug-likeness (QED) is 0.826. The van der Waals surface area contributed by atoms with Crippen LogP contribution in [0.3, 0.4) is 0 Å². The van der Waals surface area contributed by atoms with E-state index in [-0.39, 0.29) is 34.0 Å². The van der Waals surface area contributed by atoms with Gasteiger partial charge in [0.25, 0.3) is 5.91 Å². The number of amides is 1. The molecule has 134 valence electrons. The number of halogens is 1. The van der Waals surface area contributed by atoms with Gasteiger partial charge in [0.05, 0.1) is 5.69 Å². The molecule has 4 nitrogen and oxygen atoms in total. The summed E-state index contributed by atoms with van der Waals surface area (Å²) >= 11 is 0. The number of hydrogen-bond acceptors (Lipinski definition) is 3. The lowest BCUT2D eigenvalue weighted by Gasteiger charge is -2.50. The van der Waals surface area contributed by atoms with Gasteiger partial charge in [-0.15, -0.1) is 0 Å². The van der Waals surface area contributed by atoms with Crippen LogP contribution in [0.25, 0.3) is 0 Å². The van der Waals surface area contributed by atoms with Gasteiger partial charge in [-0.25, -0.2) is 9.37 Å². The van der Waals surface area contributed by atoms with E-state index in [1.807, 2.05) is 6.92 Å². The van der Waals surface area contributed by atoms with Crippen LogP contribution in [0.5, 0.6) is 0 Å². The van der Waals surface area contributed by atoms with Crippen molar-refractivity contribution in [3.63, 3.8) is 0 Å². The molecule has 0 atom stereocenters. The van der Waals surface area contributed by atoms with E-state index in [9.17, 15) is 9.18 Å². The van der Waals surface area contributed by atoms with Gasteiger partial charge in [0.1, 0.15) is 11.5 Å². The highest BCUT2D eigenvalue weighted by Gasteiger charge is 2.47. The molecule has 0 bridgehead atoms. The number of nitrogens with one attached hydrogen (secondary N) is 1. The molecule has 1 saturated carbocycles. The molecule has 0 radical (unpaired) electrons. The monoisotopic (exact) mass is 352 g/mol. The molecule has 0 aliphatic heterocycles. The fraction of sp³-hybridized carbons (Fsp3) is 0.667. The smallest absolute Gasteiger partial charge is 0.270 e. The van der Waals surface area contributed by atoms with E-state index in [2.05, 4.69) is 44.2 Å². The molecule has 24 heavy (non-hydrogen) atoms. The fourth-order valence-electron chi connectivity index (χ4n) is 2.73. The highest BCUT2D eigenvalue weighted by molar-refractivity contribution is 6.74. The summed E-state index contributed by atoms with van der Waals surface area (Å²) in [6.45, 7) is 14.7. The Labute approximate surface area is 145 Å². The SMILES string of the molecule is Cc1nc(C(=O)NC2(C)CC(O[Si](C)(C)C(C)(C)C)C2)ccc1F. The van der Waals surface area contributed by atoms with Crippen molar-refractivity contribution in [1.82, 2.24) is 10.3 Å². The Morgan fingerprint density at radius 3 is 2.46 bits per heavy atom. The Balaban J connectivity index is 1.93. The zero-order chi connectivity index (χ0) is 18.3. The maximum absolute atomic E-state index is 13.3. The molecule has 6 heteroatoms. The van der Waals surface area contributed by atoms with Gasteiger partial charge < -0.3 is 9.74 Å². The molecule has 1 aromatic heterocycles. The lowest BCUT2D eigenvalue weighted by Crippen LogP contribution is -2.60. The van der Waals surface area contributed by atoms with Crippen molar-refractivity contribution in [2.24, 2.45) is 0 Å². The van der Waals surface area contributed by atoms with Gasteiger partial charge in [-0.05, 0) is 57.0 Å². The summed E-state index contributed by atoms with van der Waals surface area (Å²) in [4.78, 5) is 16.4. The van der Waals surface area contributed by atoms with Gasteiger partial charge in [0, 0.05) is 11.6 Å². The summed E-state index contributed by atoms with van der Waals surface area (Å²) in [6, 6.07) is 2.70. The van der Waals surface area contributed by atoms with Crippen molar-refractivity contribution >= 4 is 14.2 Å². The summed E-state index contributed by atoms with van der Waals surface area (Å²) in [6.07, 6.45) is 1.79. The molecule has 1 fully saturated rings. The van der Waals surface area contributed by atoms with E-state index >= 15 is 0 Å². The van der Waals surface area contributed by atoms with E-state index in [0.29, 0.717) is 0 Å². The second-order valence-corrected chi connectivity index (χ2v) is 13.4. The number of carbonyl (C=O) groups excluding carboxylic acids is 1. The third-order valence-corrected chi connectivity index (χ3v) is 9.83. The molecule has 1 aromatic rings. The van der Waals surface area contributed by atoms with Crippen molar-refractivity contribution in [2.45, 2.75) is 77.2 Å². The van der Waals surface area contributed by atoms with Gasteiger partial charge >= 0.3 is 0 Å². The van der Waals surface area contributed by atoms with Crippen LogP contribution in [0, 0.1) is 12.7 Å². The standard InChI is InChI=1S/C18H29FN2O2Si/c1-12-14(19)8-9-15(20-12)16(22)21-18(5)10-13(11-18)23-24(6,7)17(2,3)4/h8-9,13H,10-11H2,1-7H3,(H,21,22). The predicted octanol–water partition coefficient (Wildman–Crippen LogP) is 4.20. The molecule has 0 unspecified atom stereocenters. The number of aromatic nitrogens is 1. The van der Waals surface area contributed by atoms with Crippen molar-refractivity contribution in [3.8, 4) is 0 Å². The minimum Gasteiger partial charge on any atom is -0.414 e. The van der Waals surface area contributed by atoms with E-state index in [1.54, 1.807) is 6.92 Å². The highest BCUT2D eigenvalue weighted by Crippen LogP contribution is 2.42. The minimum absolute atomic E-state index is 0.178. The highest BCUT2D eigenvalue weighted by atomic mass is 28.4. The first kappa shape index (κ1) is 19.1. The van der Waals surface area contributed by atoms with E-state index in [1.165, 1.54) is 12.1 Å². The van der Waals surface area contributed by atoms with Crippen LogP contribution >= 0.6 is 0 Å². The Morgan fingerprint density at radius 1 is 1.38 bits per heavy atom. The summed E-state index contributed by atoms with van der Waals surface area (Å²) in [5.74, 6) is -0.657. The number of hydrogen-bond donors (Lipinski definition) is 1. The van der Waals surface area contributed by atoms with Gasteiger partial charge in [-0.2, -0.15) is 0 Å². The third-order valence-electron chi connectivity index (χ3n) is 5.29. The second kappa shape index (κ2) is 6.22. The van der Waals surface area contributed by atoms with Gasteiger partial charge in [-0.1, -0.05) is 20.8 Å². The number of rotatable bonds is 4. The average molecular weight is 353 g/mol. The Bertz CT molecular complexity index is 634. The number of pyridine rings is 1. The molecule has 1 aliphatic rings. The van der Waals surface area contributed by atoms with Crippen LogP contribution in [0.4, 0.5) is 4.39 Å². The molecule has 1 heterocycles. The van der Waals surface area contributed by atoms with E-state index in [0.717, 1.165) is 12.8 Å². The summed E-state index contributed by atoms with van der Waals surface area (Å²) in [7, 11) is -1.78. The Hall–Kier alpha value is -1.27. The molecular weight excluding hydrogens is 323 g/mol.